The van der Waals surface area contributed by atoms with Crippen molar-refractivity contribution >= 4 is 16.9 Å². The third-order valence-corrected chi connectivity index (χ3v) is 5.80. The van der Waals surface area contributed by atoms with Crippen molar-refractivity contribution in [3.63, 3.8) is 0 Å². The topological polar surface area (TPSA) is 56.1 Å². The molecule has 0 aliphatic heterocycles. The van der Waals surface area contributed by atoms with Crippen LogP contribution in [0.3, 0.4) is 0 Å². The number of fused-ring (bicyclic) bond motifs is 1. The van der Waals surface area contributed by atoms with Gasteiger partial charge < -0.3 is 14.6 Å². The number of nitrogens with zero attached hydrogens (tertiary/aromatic N) is 2. The number of rotatable bonds is 9. The summed E-state index contributed by atoms with van der Waals surface area (Å²) in [6.45, 7) is 7.96. The van der Waals surface area contributed by atoms with Crippen LogP contribution in [0.2, 0.25) is 0 Å². The molecule has 0 saturated heterocycles. The van der Waals surface area contributed by atoms with Crippen LogP contribution >= 0.6 is 0 Å². The first-order chi connectivity index (χ1) is 16.0. The minimum atomic E-state index is -0.0716. The Morgan fingerprint density at radius 3 is 2.58 bits per heavy atom. The van der Waals surface area contributed by atoms with Crippen molar-refractivity contribution < 1.29 is 9.53 Å². The molecule has 0 saturated carbocycles. The zero-order valence-electron chi connectivity index (χ0n) is 19.6. The number of nitrogens with one attached hydrogen (secondary N) is 1. The van der Waals surface area contributed by atoms with Gasteiger partial charge in [0.15, 0.2) is 0 Å². The first-order valence-corrected chi connectivity index (χ1v) is 11.5. The number of hydrogen-bond acceptors (Lipinski definition) is 3. The number of para-hydroxylation sites is 2. The van der Waals surface area contributed by atoms with Crippen LogP contribution in [0.1, 0.15) is 45.7 Å². The lowest BCUT2D eigenvalue weighted by Gasteiger charge is -2.12. The summed E-state index contributed by atoms with van der Waals surface area (Å²) in [6, 6.07) is 22.1. The van der Waals surface area contributed by atoms with Crippen LogP contribution in [0.5, 0.6) is 5.75 Å². The van der Waals surface area contributed by atoms with E-state index >= 15 is 0 Å². The van der Waals surface area contributed by atoms with Gasteiger partial charge in [-0.15, -0.1) is 0 Å². The number of carbonyl (C=O) groups is 1. The maximum absolute atomic E-state index is 12.8. The summed E-state index contributed by atoms with van der Waals surface area (Å²) in [5.41, 5.74) is 6.07. The first kappa shape index (κ1) is 22.6. The monoisotopic (exact) mass is 441 g/mol. The highest BCUT2D eigenvalue weighted by atomic mass is 16.5. The molecule has 5 nitrogen and oxygen atoms in total. The van der Waals surface area contributed by atoms with Crippen molar-refractivity contribution in [1.82, 2.24) is 14.9 Å². The minimum Gasteiger partial charge on any atom is -0.494 e. The van der Waals surface area contributed by atoms with E-state index in [-0.39, 0.29) is 5.91 Å². The van der Waals surface area contributed by atoms with E-state index in [0.717, 1.165) is 53.1 Å². The van der Waals surface area contributed by atoms with Gasteiger partial charge in [0.25, 0.3) is 5.91 Å². The third kappa shape index (κ3) is 5.61. The van der Waals surface area contributed by atoms with E-state index in [2.05, 4.69) is 35.0 Å². The van der Waals surface area contributed by atoms with Crippen LogP contribution in [0.15, 0.2) is 66.7 Å². The molecule has 0 aliphatic carbocycles. The van der Waals surface area contributed by atoms with Gasteiger partial charge in [0.2, 0.25) is 0 Å². The molecule has 4 aromatic rings. The van der Waals surface area contributed by atoms with E-state index in [1.54, 1.807) is 0 Å². The average Bonchev–Trinajstić information content (AvgIpc) is 3.15. The first-order valence-electron chi connectivity index (χ1n) is 11.5. The lowest BCUT2D eigenvalue weighted by atomic mass is 10.1. The van der Waals surface area contributed by atoms with Crippen molar-refractivity contribution in [2.24, 2.45) is 0 Å². The number of benzene rings is 3. The molecule has 0 aliphatic rings. The van der Waals surface area contributed by atoms with Crippen LogP contribution in [-0.2, 0) is 13.1 Å². The molecule has 3 aromatic carbocycles. The highest BCUT2D eigenvalue weighted by molar-refractivity contribution is 5.95. The molecule has 33 heavy (non-hydrogen) atoms. The van der Waals surface area contributed by atoms with Crippen molar-refractivity contribution in [3.8, 4) is 5.75 Å². The molecule has 0 bridgehead atoms. The second kappa shape index (κ2) is 10.3. The molecule has 1 aromatic heterocycles. The number of amides is 1. The number of ether oxygens (including phenoxy) is 1. The highest BCUT2D eigenvalue weighted by Gasteiger charge is 2.13. The fraction of sp³-hybridized carbons (Fsp3) is 0.286. The second-order valence-corrected chi connectivity index (χ2v) is 8.54. The van der Waals surface area contributed by atoms with Crippen LogP contribution < -0.4 is 10.1 Å². The smallest absolute Gasteiger partial charge is 0.251 e. The van der Waals surface area contributed by atoms with Crippen LogP contribution in [0, 0.1) is 20.8 Å². The molecule has 1 heterocycles. The van der Waals surface area contributed by atoms with Gasteiger partial charge in [0.1, 0.15) is 11.6 Å². The number of aryl methyl sites for hydroxylation is 4. The Kier molecular flexibility index (Phi) is 7.08. The Hall–Kier alpha value is -3.60. The zero-order chi connectivity index (χ0) is 23.2. The molecule has 0 radical (unpaired) electrons. The Labute approximate surface area is 195 Å². The molecule has 0 fully saturated rings. The quantitative estimate of drug-likeness (QED) is 0.337. The molecule has 0 spiro atoms. The Morgan fingerprint density at radius 1 is 0.939 bits per heavy atom. The van der Waals surface area contributed by atoms with E-state index in [9.17, 15) is 4.79 Å². The van der Waals surface area contributed by atoms with Crippen molar-refractivity contribution in [1.29, 1.82) is 0 Å². The van der Waals surface area contributed by atoms with E-state index in [1.165, 1.54) is 5.56 Å². The van der Waals surface area contributed by atoms with Crippen LogP contribution in [0.25, 0.3) is 11.0 Å². The molecule has 0 unspecified atom stereocenters. The zero-order valence-corrected chi connectivity index (χ0v) is 19.6. The molecule has 5 heteroatoms. The summed E-state index contributed by atoms with van der Waals surface area (Å²) in [5.74, 6) is 1.71. The summed E-state index contributed by atoms with van der Waals surface area (Å²) in [5, 5.41) is 3.06. The molecular weight excluding hydrogens is 410 g/mol. The van der Waals surface area contributed by atoms with Gasteiger partial charge >= 0.3 is 0 Å². The summed E-state index contributed by atoms with van der Waals surface area (Å²) in [7, 11) is 0. The van der Waals surface area contributed by atoms with Gasteiger partial charge in [-0.05, 0) is 75.1 Å². The predicted octanol–water partition coefficient (Wildman–Crippen LogP) is 5.75. The second-order valence-electron chi connectivity index (χ2n) is 8.54. The van der Waals surface area contributed by atoms with Crippen LogP contribution in [-0.4, -0.2) is 22.1 Å². The molecule has 170 valence electrons. The van der Waals surface area contributed by atoms with E-state index in [4.69, 9.17) is 9.72 Å². The highest BCUT2D eigenvalue weighted by Crippen LogP contribution is 2.18. The fourth-order valence-corrected chi connectivity index (χ4v) is 4.10. The maximum atomic E-state index is 12.8. The lowest BCUT2D eigenvalue weighted by Crippen LogP contribution is -2.25. The van der Waals surface area contributed by atoms with Gasteiger partial charge in [-0.1, -0.05) is 42.0 Å². The van der Waals surface area contributed by atoms with Gasteiger partial charge in [-0.2, -0.15) is 0 Å². The third-order valence-electron chi connectivity index (χ3n) is 5.80. The van der Waals surface area contributed by atoms with Crippen molar-refractivity contribution in [3.05, 3.63) is 94.8 Å². The average molecular weight is 442 g/mol. The molecule has 4 rings (SSSR count). The Bertz CT molecular complexity index is 1260. The number of aromatic nitrogens is 2. The van der Waals surface area contributed by atoms with Gasteiger partial charge in [0.05, 0.1) is 24.2 Å². The predicted molar refractivity (Wildman–Crippen MR) is 133 cm³/mol. The fourth-order valence-electron chi connectivity index (χ4n) is 4.10. The molecular formula is C28H31N3O2. The Morgan fingerprint density at radius 2 is 1.76 bits per heavy atom. The number of unbranched alkanes of at least 4 members (excludes halogenated alkanes) is 1. The summed E-state index contributed by atoms with van der Waals surface area (Å²) in [4.78, 5) is 17.6. The standard InChI is InChI=1S/C28H31N3O2/c1-20-9-8-10-23(18-20)33-16-7-6-15-31-26-12-5-4-11-25(26)30-27(31)19-29-28(32)24-14-13-21(2)17-22(24)3/h4-5,8-14,17-18H,6-7,15-16,19H2,1-3H3,(H,29,32). The van der Waals surface area contributed by atoms with E-state index < -0.39 is 0 Å². The van der Waals surface area contributed by atoms with Crippen molar-refractivity contribution in [2.75, 3.05) is 6.61 Å². The SMILES string of the molecule is Cc1cccc(OCCCCn2c(CNC(=O)c3ccc(C)cc3C)nc3ccccc32)c1. The summed E-state index contributed by atoms with van der Waals surface area (Å²) >= 11 is 0. The van der Waals surface area contributed by atoms with E-state index in [0.29, 0.717) is 18.7 Å². The number of imidazole rings is 1. The maximum Gasteiger partial charge on any atom is 0.251 e. The summed E-state index contributed by atoms with van der Waals surface area (Å²) in [6.07, 6.45) is 1.90. The van der Waals surface area contributed by atoms with Crippen LogP contribution in [0.4, 0.5) is 0 Å². The molecule has 1 amide bonds. The normalized spacial score (nSPS) is 11.0. The largest absolute Gasteiger partial charge is 0.494 e. The van der Waals surface area contributed by atoms with Gasteiger partial charge in [-0.25, -0.2) is 4.98 Å². The van der Waals surface area contributed by atoms with E-state index in [1.807, 2.05) is 62.4 Å². The molecule has 1 N–H and O–H groups in total. The molecule has 0 atom stereocenters. The minimum absolute atomic E-state index is 0.0716. The number of hydrogen-bond donors (Lipinski definition) is 1. The van der Waals surface area contributed by atoms with Crippen molar-refractivity contribution in [2.45, 2.75) is 46.7 Å². The lowest BCUT2D eigenvalue weighted by molar-refractivity contribution is 0.0949. The van der Waals surface area contributed by atoms with Gasteiger partial charge in [0, 0.05) is 12.1 Å². The van der Waals surface area contributed by atoms with Gasteiger partial charge in [-0.3, -0.25) is 4.79 Å². The summed E-state index contributed by atoms with van der Waals surface area (Å²) < 4.78 is 8.10. The Balaban J connectivity index is 1.39. The number of carbonyl (C=O) groups excluding carboxylic acids is 1.